The lowest BCUT2D eigenvalue weighted by atomic mass is 10.2. The van der Waals surface area contributed by atoms with Crippen LogP contribution in [0.15, 0.2) is 59.5 Å². The fourth-order valence-electron chi connectivity index (χ4n) is 2.68. The largest absolute Gasteiger partial charge is 0.368 e. The van der Waals surface area contributed by atoms with Gasteiger partial charge in [0.05, 0.1) is 10.6 Å². The average molecular weight is 345 g/mol. The Labute approximate surface area is 141 Å². The Balaban J connectivity index is 1.80. The van der Waals surface area contributed by atoms with E-state index in [2.05, 4.69) is 5.32 Å². The van der Waals surface area contributed by atoms with Crippen LogP contribution in [0, 0.1) is 0 Å². The molecule has 2 aromatic rings. The summed E-state index contributed by atoms with van der Waals surface area (Å²) in [4.78, 5) is 12.5. The van der Waals surface area contributed by atoms with E-state index in [0.717, 1.165) is 6.42 Å². The first-order chi connectivity index (χ1) is 11.6. The zero-order valence-corrected chi connectivity index (χ0v) is 14.0. The molecule has 1 heterocycles. The summed E-state index contributed by atoms with van der Waals surface area (Å²) in [7, 11) is -3.47. The van der Waals surface area contributed by atoms with Crippen LogP contribution in [0.5, 0.6) is 0 Å². The lowest BCUT2D eigenvalue weighted by Gasteiger charge is -2.14. The Hall–Kier alpha value is -2.18. The first-order valence-electron chi connectivity index (χ1n) is 7.84. The highest BCUT2D eigenvalue weighted by Gasteiger charge is 2.25. The average Bonchev–Trinajstić information content (AvgIpc) is 3.12. The number of sulfone groups is 1. The summed E-state index contributed by atoms with van der Waals surface area (Å²) in [6, 6.07) is 15.3. The van der Waals surface area contributed by atoms with Crippen LogP contribution in [0.1, 0.15) is 18.4 Å². The van der Waals surface area contributed by atoms with Gasteiger partial charge in [0.1, 0.15) is 6.10 Å². The van der Waals surface area contributed by atoms with Crippen LogP contribution in [0.4, 0.5) is 5.69 Å². The minimum Gasteiger partial charge on any atom is -0.368 e. The molecule has 2 aromatic carbocycles. The lowest BCUT2D eigenvalue weighted by Crippen LogP contribution is -2.27. The molecule has 0 spiro atoms. The monoisotopic (exact) mass is 345 g/mol. The number of hydrogen-bond acceptors (Lipinski definition) is 4. The van der Waals surface area contributed by atoms with Crippen molar-refractivity contribution in [2.75, 3.05) is 11.9 Å². The molecule has 0 radical (unpaired) electrons. The number of hydrogen-bond donors (Lipinski definition) is 1. The van der Waals surface area contributed by atoms with Gasteiger partial charge in [-0.2, -0.15) is 0 Å². The molecule has 1 saturated heterocycles. The first kappa shape index (κ1) is 16.7. The van der Waals surface area contributed by atoms with Gasteiger partial charge in [-0.25, -0.2) is 8.42 Å². The quantitative estimate of drug-likeness (QED) is 0.904. The molecule has 1 unspecified atom stereocenters. The Morgan fingerprint density at radius 1 is 1.08 bits per heavy atom. The van der Waals surface area contributed by atoms with Crippen molar-refractivity contribution in [3.05, 3.63) is 60.2 Å². The number of nitrogens with one attached hydrogen (secondary N) is 1. The summed E-state index contributed by atoms with van der Waals surface area (Å²) in [6.07, 6.45) is 1.10. The van der Waals surface area contributed by atoms with Gasteiger partial charge in [-0.3, -0.25) is 4.79 Å². The molecule has 1 amide bonds. The number of rotatable bonds is 5. The van der Waals surface area contributed by atoms with Crippen LogP contribution in [0.25, 0.3) is 0 Å². The molecular weight excluding hydrogens is 326 g/mol. The Kier molecular flexibility index (Phi) is 4.97. The smallest absolute Gasteiger partial charge is 0.253 e. The number of carbonyl (C=O) groups is 1. The summed E-state index contributed by atoms with van der Waals surface area (Å²) < 4.78 is 30.5. The van der Waals surface area contributed by atoms with Crippen molar-refractivity contribution in [2.24, 2.45) is 0 Å². The predicted octanol–water partition coefficient (Wildman–Crippen LogP) is 2.78. The number of amides is 1. The topological polar surface area (TPSA) is 72.5 Å². The van der Waals surface area contributed by atoms with Crippen molar-refractivity contribution in [1.29, 1.82) is 0 Å². The molecule has 6 heteroatoms. The Bertz CT molecular complexity index is 812. The van der Waals surface area contributed by atoms with Gasteiger partial charge in [0.25, 0.3) is 5.91 Å². The van der Waals surface area contributed by atoms with Gasteiger partial charge in [0.2, 0.25) is 0 Å². The van der Waals surface area contributed by atoms with Crippen LogP contribution >= 0.6 is 0 Å². The zero-order valence-electron chi connectivity index (χ0n) is 13.1. The molecule has 1 aliphatic rings. The molecule has 0 aliphatic carbocycles. The van der Waals surface area contributed by atoms with E-state index in [1.165, 1.54) is 0 Å². The van der Waals surface area contributed by atoms with Crippen molar-refractivity contribution in [3.8, 4) is 0 Å². The van der Waals surface area contributed by atoms with Crippen LogP contribution < -0.4 is 5.32 Å². The number of ether oxygens (including phenoxy) is 1. The molecule has 0 aromatic heterocycles. The fraction of sp³-hybridized carbons (Fsp3) is 0.278. The molecule has 1 atom stereocenters. The van der Waals surface area contributed by atoms with Gasteiger partial charge in [0.15, 0.2) is 9.84 Å². The molecule has 1 aliphatic heterocycles. The minimum absolute atomic E-state index is 0.168. The van der Waals surface area contributed by atoms with E-state index in [0.29, 0.717) is 24.3 Å². The van der Waals surface area contributed by atoms with Crippen molar-refractivity contribution < 1.29 is 17.9 Å². The second-order valence-corrected chi connectivity index (χ2v) is 7.71. The fourth-order valence-corrected chi connectivity index (χ4v) is 4.08. The van der Waals surface area contributed by atoms with Gasteiger partial charge < -0.3 is 10.1 Å². The maximum absolute atomic E-state index is 12.6. The predicted molar refractivity (Wildman–Crippen MR) is 91.4 cm³/mol. The van der Waals surface area contributed by atoms with E-state index < -0.39 is 15.9 Å². The van der Waals surface area contributed by atoms with Gasteiger partial charge in [0, 0.05) is 12.3 Å². The summed E-state index contributed by atoms with van der Waals surface area (Å²) in [5.41, 5.74) is 1.07. The molecule has 24 heavy (non-hydrogen) atoms. The normalized spacial score (nSPS) is 17.6. The minimum atomic E-state index is -3.47. The maximum atomic E-state index is 12.6. The third-order valence-electron chi connectivity index (χ3n) is 3.95. The highest BCUT2D eigenvalue weighted by molar-refractivity contribution is 7.90. The van der Waals surface area contributed by atoms with Crippen molar-refractivity contribution in [3.63, 3.8) is 0 Å². The zero-order chi connectivity index (χ0) is 17.0. The van der Waals surface area contributed by atoms with Gasteiger partial charge in [-0.15, -0.1) is 0 Å². The van der Waals surface area contributed by atoms with Crippen molar-refractivity contribution in [2.45, 2.75) is 29.6 Å². The first-order valence-corrected chi connectivity index (χ1v) is 9.50. The summed E-state index contributed by atoms with van der Waals surface area (Å²) in [5.74, 6) is -0.393. The SMILES string of the molecule is O=C(Nc1ccccc1CS(=O)(=O)c1ccccc1)C1CCCO1. The summed E-state index contributed by atoms with van der Waals surface area (Å²) in [6.45, 7) is 0.585. The Morgan fingerprint density at radius 2 is 1.79 bits per heavy atom. The van der Waals surface area contributed by atoms with E-state index >= 15 is 0 Å². The highest BCUT2D eigenvalue weighted by Crippen LogP contribution is 2.23. The van der Waals surface area contributed by atoms with Crippen molar-refractivity contribution in [1.82, 2.24) is 0 Å². The number of carbonyl (C=O) groups excluding carboxylic acids is 1. The number of anilines is 1. The maximum Gasteiger partial charge on any atom is 0.253 e. The van der Waals surface area contributed by atoms with E-state index in [1.54, 1.807) is 54.6 Å². The van der Waals surface area contributed by atoms with Gasteiger partial charge in [-0.05, 0) is 36.6 Å². The third-order valence-corrected chi connectivity index (χ3v) is 5.63. The van der Waals surface area contributed by atoms with Crippen LogP contribution in [0.2, 0.25) is 0 Å². The molecule has 0 saturated carbocycles. The molecular formula is C18H19NO4S. The Morgan fingerprint density at radius 3 is 2.50 bits per heavy atom. The van der Waals surface area contributed by atoms with E-state index in [1.807, 2.05) is 0 Å². The van der Waals surface area contributed by atoms with Crippen molar-refractivity contribution >= 4 is 21.4 Å². The molecule has 3 rings (SSSR count). The van der Waals surface area contributed by atoms with E-state index in [4.69, 9.17) is 4.74 Å². The molecule has 0 bridgehead atoms. The van der Waals surface area contributed by atoms with Gasteiger partial charge >= 0.3 is 0 Å². The third kappa shape index (κ3) is 3.83. The van der Waals surface area contributed by atoms with Gasteiger partial charge in [-0.1, -0.05) is 36.4 Å². The summed E-state index contributed by atoms with van der Waals surface area (Å²) in [5, 5.41) is 2.80. The van der Waals surface area contributed by atoms with Crippen LogP contribution in [0.3, 0.4) is 0 Å². The highest BCUT2D eigenvalue weighted by atomic mass is 32.2. The second-order valence-electron chi connectivity index (χ2n) is 5.72. The molecule has 5 nitrogen and oxygen atoms in total. The second kappa shape index (κ2) is 7.15. The lowest BCUT2D eigenvalue weighted by molar-refractivity contribution is -0.124. The molecule has 126 valence electrons. The van der Waals surface area contributed by atoms with Crippen LogP contribution in [-0.2, 0) is 25.1 Å². The van der Waals surface area contributed by atoms with Crippen LogP contribution in [-0.4, -0.2) is 27.0 Å². The number of para-hydroxylation sites is 1. The number of benzene rings is 2. The van der Waals surface area contributed by atoms with E-state index in [9.17, 15) is 13.2 Å². The van der Waals surface area contributed by atoms with E-state index in [-0.39, 0.29) is 16.6 Å². The molecule has 1 fully saturated rings. The summed E-state index contributed by atoms with van der Waals surface area (Å²) >= 11 is 0. The molecule has 1 N–H and O–H groups in total. The standard InChI is InChI=1S/C18H19NO4S/c20-18(17-11-6-12-23-17)19-16-10-5-4-7-14(16)13-24(21,22)15-8-2-1-3-9-15/h1-5,7-10,17H,6,11-13H2,(H,19,20).